The van der Waals surface area contributed by atoms with E-state index in [1.165, 1.54) is 5.56 Å². The number of nitrogens with zero attached hydrogens (tertiary/aromatic N) is 3. The van der Waals surface area contributed by atoms with Crippen LogP contribution in [0.25, 0.3) is 11.0 Å². The standard InChI is InChI=1S/C23H27N5O/c1-27(2)23(17-6-4-3-5-7-17)12-10-22(11-13-23)16-28(21(29)26-22)19-9-15-25-20-18(19)8-14-24-20/h3-9,14-15H,10-13,16H2,1-2H3,(H,24,25)(H,26,29)/t22-,23-. The quantitative estimate of drug-likeness (QED) is 0.715. The molecular weight excluding hydrogens is 362 g/mol. The van der Waals surface area contributed by atoms with Crippen LogP contribution in [0, 0.1) is 0 Å². The fourth-order valence-corrected chi connectivity index (χ4v) is 5.25. The highest BCUT2D eigenvalue weighted by atomic mass is 16.2. The SMILES string of the molecule is CN(C)[C@]1(c2ccccc2)CC[C@@]2(CC1)CN(c1ccnc3[nH]ccc13)C(=O)N2. The number of rotatable bonds is 3. The summed E-state index contributed by atoms with van der Waals surface area (Å²) in [5.41, 5.74) is 2.96. The van der Waals surface area contributed by atoms with Gasteiger partial charge >= 0.3 is 6.03 Å². The van der Waals surface area contributed by atoms with Gasteiger partial charge in [-0.3, -0.25) is 9.80 Å². The Morgan fingerprint density at radius 1 is 1.03 bits per heavy atom. The van der Waals surface area contributed by atoms with Gasteiger partial charge < -0.3 is 10.3 Å². The summed E-state index contributed by atoms with van der Waals surface area (Å²) in [4.78, 5) is 24.7. The number of fused-ring (bicyclic) bond motifs is 1. The number of pyridine rings is 1. The molecule has 6 heteroatoms. The lowest BCUT2D eigenvalue weighted by Gasteiger charge is -2.48. The van der Waals surface area contributed by atoms with E-state index in [4.69, 9.17) is 0 Å². The van der Waals surface area contributed by atoms with Gasteiger partial charge in [0.2, 0.25) is 0 Å². The molecule has 1 aromatic carbocycles. The maximum atomic E-state index is 13.0. The van der Waals surface area contributed by atoms with Crippen LogP contribution in [0.15, 0.2) is 54.9 Å². The number of H-pyrrole nitrogens is 1. The molecule has 2 aromatic heterocycles. The smallest absolute Gasteiger partial charge is 0.322 e. The van der Waals surface area contributed by atoms with Gasteiger partial charge in [-0.2, -0.15) is 0 Å². The molecule has 5 rings (SSSR count). The molecule has 2 fully saturated rings. The molecule has 2 N–H and O–H groups in total. The summed E-state index contributed by atoms with van der Waals surface area (Å²) in [6.45, 7) is 0.703. The summed E-state index contributed by atoms with van der Waals surface area (Å²) in [5.74, 6) is 0. The molecule has 0 bridgehead atoms. The molecule has 2 amide bonds. The topological polar surface area (TPSA) is 64.3 Å². The second-order valence-electron chi connectivity index (χ2n) is 8.66. The van der Waals surface area contributed by atoms with Gasteiger partial charge in [-0.05, 0) is 57.5 Å². The predicted octanol–water partition coefficient (Wildman–Crippen LogP) is 3.86. The van der Waals surface area contributed by atoms with Crippen LogP contribution in [-0.4, -0.2) is 47.1 Å². The van der Waals surface area contributed by atoms with Crippen molar-refractivity contribution >= 4 is 22.8 Å². The fourth-order valence-electron chi connectivity index (χ4n) is 5.25. The van der Waals surface area contributed by atoms with Gasteiger partial charge in [0.1, 0.15) is 5.65 Å². The molecule has 0 unspecified atom stereocenters. The van der Waals surface area contributed by atoms with Crippen LogP contribution in [0.4, 0.5) is 10.5 Å². The summed E-state index contributed by atoms with van der Waals surface area (Å²) in [7, 11) is 4.34. The van der Waals surface area contributed by atoms with Crippen molar-refractivity contribution in [3.8, 4) is 0 Å². The van der Waals surface area contributed by atoms with Crippen LogP contribution in [0.2, 0.25) is 0 Å². The first-order valence-electron chi connectivity index (χ1n) is 10.3. The third kappa shape index (κ3) is 2.82. The third-order valence-electron chi connectivity index (χ3n) is 7.01. The number of carbonyl (C=O) groups is 1. The molecule has 1 saturated heterocycles. The van der Waals surface area contributed by atoms with Crippen LogP contribution in [0.5, 0.6) is 0 Å². The summed E-state index contributed by atoms with van der Waals surface area (Å²) in [6.07, 6.45) is 7.60. The molecule has 150 valence electrons. The molecule has 1 spiro atoms. The van der Waals surface area contributed by atoms with Crippen molar-refractivity contribution in [3.05, 3.63) is 60.4 Å². The van der Waals surface area contributed by atoms with E-state index < -0.39 is 0 Å². The highest BCUT2D eigenvalue weighted by Gasteiger charge is 2.50. The molecule has 0 atom stereocenters. The van der Waals surface area contributed by atoms with Crippen LogP contribution >= 0.6 is 0 Å². The lowest BCUT2D eigenvalue weighted by molar-refractivity contribution is 0.0658. The molecule has 29 heavy (non-hydrogen) atoms. The average Bonchev–Trinajstić information content (AvgIpc) is 3.34. The lowest BCUT2D eigenvalue weighted by atomic mass is 9.69. The highest BCUT2D eigenvalue weighted by Crippen LogP contribution is 2.46. The Morgan fingerprint density at radius 3 is 2.52 bits per heavy atom. The van der Waals surface area contributed by atoms with Crippen molar-refractivity contribution in [2.45, 2.75) is 36.8 Å². The van der Waals surface area contributed by atoms with Gasteiger partial charge in [0.15, 0.2) is 0 Å². The molecule has 3 aromatic rings. The number of anilines is 1. The van der Waals surface area contributed by atoms with E-state index in [2.05, 4.69) is 64.6 Å². The first-order valence-corrected chi connectivity index (χ1v) is 10.3. The first-order chi connectivity index (χ1) is 14.0. The number of benzene rings is 1. The van der Waals surface area contributed by atoms with E-state index in [-0.39, 0.29) is 17.1 Å². The molecule has 1 aliphatic carbocycles. The monoisotopic (exact) mass is 389 g/mol. The second kappa shape index (κ2) is 6.59. The maximum Gasteiger partial charge on any atom is 0.322 e. The van der Waals surface area contributed by atoms with Gasteiger partial charge in [-0.25, -0.2) is 9.78 Å². The molecule has 0 radical (unpaired) electrons. The van der Waals surface area contributed by atoms with Crippen LogP contribution in [-0.2, 0) is 5.54 Å². The average molecular weight is 390 g/mol. The van der Waals surface area contributed by atoms with Gasteiger partial charge in [0.25, 0.3) is 0 Å². The fraction of sp³-hybridized carbons (Fsp3) is 0.391. The van der Waals surface area contributed by atoms with E-state index in [1.807, 2.05) is 23.2 Å². The van der Waals surface area contributed by atoms with Gasteiger partial charge in [-0.1, -0.05) is 30.3 Å². The zero-order valence-electron chi connectivity index (χ0n) is 17.0. The number of hydrogen-bond acceptors (Lipinski definition) is 3. The normalized spacial score (nSPS) is 27.1. The second-order valence-corrected chi connectivity index (χ2v) is 8.66. The Morgan fingerprint density at radius 2 is 1.79 bits per heavy atom. The largest absolute Gasteiger partial charge is 0.346 e. The lowest BCUT2D eigenvalue weighted by Crippen LogP contribution is -2.54. The van der Waals surface area contributed by atoms with E-state index >= 15 is 0 Å². The number of aromatic nitrogens is 2. The Hall–Kier alpha value is -2.86. The van der Waals surface area contributed by atoms with E-state index in [0.29, 0.717) is 6.54 Å². The Bertz CT molecular complexity index is 1030. The van der Waals surface area contributed by atoms with Crippen LogP contribution < -0.4 is 10.2 Å². The van der Waals surface area contributed by atoms with Gasteiger partial charge in [0, 0.05) is 23.3 Å². The summed E-state index contributed by atoms with van der Waals surface area (Å²) < 4.78 is 0. The number of amides is 2. The maximum absolute atomic E-state index is 13.0. The van der Waals surface area contributed by atoms with Crippen LogP contribution in [0.1, 0.15) is 31.2 Å². The van der Waals surface area contributed by atoms with Crippen molar-refractivity contribution < 1.29 is 4.79 Å². The number of urea groups is 1. The summed E-state index contributed by atoms with van der Waals surface area (Å²) in [5, 5.41) is 4.33. The van der Waals surface area contributed by atoms with Crippen molar-refractivity contribution in [2.24, 2.45) is 0 Å². The Kier molecular flexibility index (Phi) is 4.13. The number of nitrogens with one attached hydrogen (secondary N) is 2. The zero-order chi connectivity index (χ0) is 20.1. The molecule has 1 saturated carbocycles. The summed E-state index contributed by atoms with van der Waals surface area (Å²) in [6, 6.07) is 14.7. The van der Waals surface area contributed by atoms with Gasteiger partial charge in [0.05, 0.1) is 17.8 Å². The predicted molar refractivity (Wildman–Crippen MR) is 115 cm³/mol. The van der Waals surface area contributed by atoms with Crippen molar-refractivity contribution in [3.63, 3.8) is 0 Å². The molecule has 3 heterocycles. The zero-order valence-corrected chi connectivity index (χ0v) is 17.0. The minimum Gasteiger partial charge on any atom is -0.346 e. The number of aromatic amines is 1. The Balaban J connectivity index is 1.41. The van der Waals surface area contributed by atoms with E-state index in [0.717, 1.165) is 42.4 Å². The number of carbonyl (C=O) groups excluding carboxylic acids is 1. The molecule has 1 aliphatic heterocycles. The van der Waals surface area contributed by atoms with Crippen molar-refractivity contribution in [2.75, 3.05) is 25.5 Å². The van der Waals surface area contributed by atoms with Gasteiger partial charge in [-0.15, -0.1) is 0 Å². The van der Waals surface area contributed by atoms with Crippen molar-refractivity contribution in [1.29, 1.82) is 0 Å². The minimum absolute atomic E-state index is 0.00392. The van der Waals surface area contributed by atoms with E-state index in [1.54, 1.807) is 6.20 Å². The minimum atomic E-state index is -0.169. The highest BCUT2D eigenvalue weighted by molar-refractivity contribution is 6.03. The molecular formula is C23H27N5O. The molecule has 6 nitrogen and oxygen atoms in total. The first kappa shape index (κ1) is 18.2. The number of hydrogen-bond donors (Lipinski definition) is 2. The molecule has 2 aliphatic rings. The summed E-state index contributed by atoms with van der Waals surface area (Å²) >= 11 is 0. The van der Waals surface area contributed by atoms with E-state index in [9.17, 15) is 4.79 Å². The Labute approximate surface area is 170 Å². The van der Waals surface area contributed by atoms with Crippen LogP contribution in [0.3, 0.4) is 0 Å². The third-order valence-corrected chi connectivity index (χ3v) is 7.01. The van der Waals surface area contributed by atoms with Crippen molar-refractivity contribution in [1.82, 2.24) is 20.2 Å².